The number of likely N-dealkylation sites (tertiary alicyclic amines) is 1. The molecule has 1 saturated carbocycles. The van der Waals surface area contributed by atoms with Crippen molar-refractivity contribution < 1.29 is 18.0 Å². The third kappa shape index (κ3) is 5.12. The monoisotopic (exact) mass is 484 g/mol. The maximum Gasteiger partial charge on any atom is 0.417 e. The minimum atomic E-state index is -4.54. The molecule has 180 valence electrons. The predicted octanol–water partition coefficient (Wildman–Crippen LogP) is 2.19. The number of nitrogens with two attached hydrogens (primary N) is 1. The number of nitrogens with zero attached hydrogens (tertiary/aromatic N) is 2. The minimum absolute atomic E-state index is 0.0365. The van der Waals surface area contributed by atoms with E-state index in [0.717, 1.165) is 25.6 Å². The molecule has 3 fully saturated rings. The van der Waals surface area contributed by atoms with Crippen LogP contribution in [-0.4, -0.2) is 49.7 Å². The molecular weight excluding hydrogens is 457 g/mol. The smallest absolute Gasteiger partial charge is 0.354 e. The zero-order valence-corrected chi connectivity index (χ0v) is 18.8. The standard InChI is InChI=1S/C22H28ClF3N6O/c23-17-2-1-14(7-16(17)22(24,25)26)18-29-9-15(10-30-20(33)21(12-28)4-5-21)19(31-18)32-6-3-13(8-27)11-32/h1-2,7,13,15,18-19,29,31H,3-6,8-11,27H2,(H,30,33). The topological polar surface area (TPSA) is 106 Å². The van der Waals surface area contributed by atoms with Gasteiger partial charge in [-0.15, -0.1) is 0 Å². The number of carbonyl (C=O) groups is 1. The first-order valence-corrected chi connectivity index (χ1v) is 11.5. The Balaban J connectivity index is 1.50. The molecule has 0 spiro atoms. The highest BCUT2D eigenvalue weighted by Gasteiger charge is 2.51. The van der Waals surface area contributed by atoms with E-state index in [2.05, 4.69) is 26.9 Å². The highest BCUT2D eigenvalue weighted by atomic mass is 35.5. The van der Waals surface area contributed by atoms with E-state index in [-0.39, 0.29) is 23.0 Å². The van der Waals surface area contributed by atoms with Crippen molar-refractivity contribution in [3.8, 4) is 6.07 Å². The van der Waals surface area contributed by atoms with Crippen molar-refractivity contribution in [3.05, 3.63) is 34.3 Å². The molecule has 33 heavy (non-hydrogen) atoms. The second kappa shape index (κ2) is 9.39. The van der Waals surface area contributed by atoms with Crippen molar-refractivity contribution in [1.29, 1.82) is 5.26 Å². The molecule has 1 aromatic carbocycles. The number of benzene rings is 1. The first-order valence-electron chi connectivity index (χ1n) is 11.2. The molecule has 1 aliphatic carbocycles. The Morgan fingerprint density at radius 3 is 2.76 bits per heavy atom. The Morgan fingerprint density at radius 2 is 2.15 bits per heavy atom. The quantitative estimate of drug-likeness (QED) is 0.493. The van der Waals surface area contributed by atoms with Gasteiger partial charge in [0, 0.05) is 32.1 Å². The van der Waals surface area contributed by atoms with E-state index < -0.39 is 23.3 Å². The van der Waals surface area contributed by atoms with Gasteiger partial charge in [-0.2, -0.15) is 18.4 Å². The van der Waals surface area contributed by atoms with Gasteiger partial charge in [-0.3, -0.25) is 20.3 Å². The lowest BCUT2D eigenvalue weighted by molar-refractivity contribution is -0.137. The van der Waals surface area contributed by atoms with Crippen molar-refractivity contribution in [3.63, 3.8) is 0 Å². The van der Waals surface area contributed by atoms with Crippen molar-refractivity contribution in [1.82, 2.24) is 20.9 Å². The van der Waals surface area contributed by atoms with Crippen molar-refractivity contribution in [2.75, 3.05) is 32.7 Å². The second-order valence-corrected chi connectivity index (χ2v) is 9.65. The van der Waals surface area contributed by atoms with Crippen LogP contribution in [0.15, 0.2) is 18.2 Å². The Kier molecular flexibility index (Phi) is 6.90. The summed E-state index contributed by atoms with van der Waals surface area (Å²) >= 11 is 5.79. The number of rotatable bonds is 6. The molecule has 1 aromatic rings. The SMILES string of the molecule is N#CC1(C(=O)NCC2CNC(c3ccc(Cl)c(C(F)(F)F)c3)NC2N2CCC(CN)C2)CC1. The fraction of sp³-hybridized carbons (Fsp3) is 0.636. The van der Waals surface area contributed by atoms with Gasteiger partial charge in [-0.05, 0) is 49.4 Å². The predicted molar refractivity (Wildman–Crippen MR) is 117 cm³/mol. The number of alkyl halides is 3. The summed E-state index contributed by atoms with van der Waals surface area (Å²) in [6, 6.07) is 6.02. The fourth-order valence-corrected chi connectivity index (χ4v) is 4.93. The number of amides is 1. The second-order valence-electron chi connectivity index (χ2n) is 9.24. The molecular formula is C22H28ClF3N6O. The van der Waals surface area contributed by atoms with E-state index in [1.54, 1.807) is 6.07 Å². The van der Waals surface area contributed by atoms with E-state index in [9.17, 15) is 23.2 Å². The Bertz CT molecular complexity index is 932. The summed E-state index contributed by atoms with van der Waals surface area (Å²) in [4.78, 5) is 14.7. The molecule has 0 aromatic heterocycles. The zero-order valence-electron chi connectivity index (χ0n) is 18.1. The van der Waals surface area contributed by atoms with Gasteiger partial charge in [0.05, 0.1) is 29.0 Å². The highest BCUT2D eigenvalue weighted by Crippen LogP contribution is 2.45. The zero-order chi connectivity index (χ0) is 23.8. The molecule has 0 bridgehead atoms. The molecule has 2 aliphatic heterocycles. The Hall–Kier alpha value is -1.90. The van der Waals surface area contributed by atoms with Crippen LogP contribution in [0.4, 0.5) is 13.2 Å². The summed E-state index contributed by atoms with van der Waals surface area (Å²) < 4.78 is 40.1. The van der Waals surface area contributed by atoms with Crippen LogP contribution < -0.4 is 21.7 Å². The summed E-state index contributed by atoms with van der Waals surface area (Å²) in [6.45, 7) is 3.01. The van der Waals surface area contributed by atoms with Gasteiger partial charge in [-0.1, -0.05) is 17.7 Å². The molecule has 4 rings (SSSR count). The molecule has 11 heteroatoms. The van der Waals surface area contributed by atoms with Crippen LogP contribution in [0.3, 0.4) is 0 Å². The number of hydrogen-bond donors (Lipinski definition) is 4. The van der Waals surface area contributed by atoms with E-state index in [1.807, 2.05) is 0 Å². The maximum atomic E-state index is 13.4. The number of nitriles is 1. The molecule has 4 unspecified atom stereocenters. The molecule has 4 atom stereocenters. The first-order chi connectivity index (χ1) is 15.7. The van der Waals surface area contributed by atoms with E-state index >= 15 is 0 Å². The third-order valence-electron chi connectivity index (χ3n) is 6.96. The average Bonchev–Trinajstić information content (AvgIpc) is 3.46. The van der Waals surface area contributed by atoms with Gasteiger partial charge in [0.25, 0.3) is 0 Å². The summed E-state index contributed by atoms with van der Waals surface area (Å²) in [7, 11) is 0. The molecule has 0 radical (unpaired) electrons. The number of nitrogens with one attached hydrogen (secondary N) is 3. The summed E-state index contributed by atoms with van der Waals surface area (Å²) in [5.74, 6) is 0.0707. The van der Waals surface area contributed by atoms with E-state index in [4.69, 9.17) is 17.3 Å². The Morgan fingerprint density at radius 1 is 1.39 bits per heavy atom. The van der Waals surface area contributed by atoms with Crippen molar-refractivity contribution in [2.45, 2.75) is 37.8 Å². The number of carbonyl (C=O) groups excluding carboxylic acids is 1. The third-order valence-corrected chi connectivity index (χ3v) is 7.29. The van der Waals surface area contributed by atoms with Crippen molar-refractivity contribution in [2.24, 2.45) is 23.0 Å². The van der Waals surface area contributed by atoms with Gasteiger partial charge in [0.2, 0.25) is 5.91 Å². The first kappa shape index (κ1) is 24.2. The molecule has 2 heterocycles. The number of halogens is 4. The number of hydrogen-bond acceptors (Lipinski definition) is 6. The fourth-order valence-electron chi connectivity index (χ4n) is 4.70. The molecule has 3 aliphatic rings. The molecule has 2 saturated heterocycles. The van der Waals surface area contributed by atoms with Gasteiger partial charge in [0.1, 0.15) is 5.41 Å². The average molecular weight is 485 g/mol. The lowest BCUT2D eigenvalue weighted by atomic mass is 9.98. The van der Waals surface area contributed by atoms with Crippen LogP contribution in [0.5, 0.6) is 0 Å². The maximum absolute atomic E-state index is 13.4. The lowest BCUT2D eigenvalue weighted by Crippen LogP contribution is -2.62. The van der Waals surface area contributed by atoms with Crippen LogP contribution in [-0.2, 0) is 11.0 Å². The van der Waals surface area contributed by atoms with Crippen LogP contribution in [0, 0.1) is 28.6 Å². The van der Waals surface area contributed by atoms with Crippen LogP contribution >= 0.6 is 11.6 Å². The lowest BCUT2D eigenvalue weighted by Gasteiger charge is -2.43. The summed E-state index contributed by atoms with van der Waals surface area (Å²) in [5.41, 5.74) is 4.52. The van der Waals surface area contributed by atoms with Crippen LogP contribution in [0.2, 0.25) is 5.02 Å². The summed E-state index contributed by atoms with van der Waals surface area (Å²) in [5, 5.41) is 18.5. The largest absolute Gasteiger partial charge is 0.417 e. The van der Waals surface area contributed by atoms with Gasteiger partial charge < -0.3 is 11.1 Å². The molecule has 5 N–H and O–H groups in total. The van der Waals surface area contributed by atoms with Crippen molar-refractivity contribution >= 4 is 17.5 Å². The minimum Gasteiger partial charge on any atom is -0.354 e. The van der Waals surface area contributed by atoms with Gasteiger partial charge >= 0.3 is 6.18 Å². The Labute approximate surface area is 195 Å². The van der Waals surface area contributed by atoms with Gasteiger partial charge in [0.15, 0.2) is 0 Å². The molecule has 1 amide bonds. The normalized spacial score (nSPS) is 29.5. The van der Waals surface area contributed by atoms with Gasteiger partial charge in [-0.25, -0.2) is 0 Å². The van der Waals surface area contributed by atoms with E-state index in [0.29, 0.717) is 44.0 Å². The molecule has 7 nitrogen and oxygen atoms in total. The van der Waals surface area contributed by atoms with Crippen LogP contribution in [0.25, 0.3) is 0 Å². The summed E-state index contributed by atoms with van der Waals surface area (Å²) in [6.07, 6.45) is -3.13. The van der Waals surface area contributed by atoms with Crippen LogP contribution in [0.1, 0.15) is 36.6 Å². The highest BCUT2D eigenvalue weighted by molar-refractivity contribution is 6.31. The van der Waals surface area contributed by atoms with E-state index in [1.165, 1.54) is 6.07 Å².